The summed E-state index contributed by atoms with van der Waals surface area (Å²) in [6.07, 6.45) is 3.99. The summed E-state index contributed by atoms with van der Waals surface area (Å²) in [5, 5.41) is 4.55. The Bertz CT molecular complexity index is 1050. The predicted molar refractivity (Wildman–Crippen MR) is 116 cm³/mol. The molecule has 2 aromatic rings. The van der Waals surface area contributed by atoms with Gasteiger partial charge in [-0.1, -0.05) is 24.4 Å². The first-order valence-electron chi connectivity index (χ1n) is 11.0. The summed E-state index contributed by atoms with van der Waals surface area (Å²) in [5.74, 6) is -1.00. The lowest BCUT2D eigenvalue weighted by molar-refractivity contribution is -0.144. The van der Waals surface area contributed by atoms with E-state index in [2.05, 4.69) is 10.3 Å². The highest BCUT2D eigenvalue weighted by molar-refractivity contribution is 6.31. The number of hydrogen-bond donors (Lipinski definition) is 2. The summed E-state index contributed by atoms with van der Waals surface area (Å²) < 4.78 is 5.14. The van der Waals surface area contributed by atoms with Crippen LogP contribution in [0.5, 0.6) is 0 Å². The van der Waals surface area contributed by atoms with Crippen molar-refractivity contribution in [1.82, 2.24) is 15.2 Å². The van der Waals surface area contributed by atoms with Crippen LogP contribution in [0.4, 0.5) is 0 Å². The Kier molecular flexibility index (Phi) is 5.48. The summed E-state index contributed by atoms with van der Waals surface area (Å²) in [6, 6.07) is 5.19. The maximum absolute atomic E-state index is 13.5. The maximum Gasteiger partial charge on any atom is 0.226 e. The van der Waals surface area contributed by atoms with Gasteiger partial charge >= 0.3 is 0 Å². The Hall–Kier alpha value is -2.38. The van der Waals surface area contributed by atoms with Crippen LogP contribution in [0.15, 0.2) is 18.2 Å². The fourth-order valence-corrected chi connectivity index (χ4v) is 5.39. The SMILES string of the molecule is O=C1COCC1NC(=O)C1CCCCC1C(=O)N1CCc2[nH]c3ccc(Cl)cc3c2C1. The standard InChI is InChI=1S/C23H26ClN3O4/c24-13-5-6-18-16(9-13)17-10-27(8-7-19(17)25-18)23(30)15-4-2-1-3-14(15)22(29)26-20-11-31-12-21(20)28/h5-6,9,14-15,20,25H,1-4,7-8,10-12H2,(H,26,29). The number of ketones is 1. The number of fused-ring (bicyclic) bond motifs is 3. The zero-order chi connectivity index (χ0) is 21.5. The normalized spacial score (nSPS) is 26.2. The van der Waals surface area contributed by atoms with Gasteiger partial charge in [0.25, 0.3) is 0 Å². The Morgan fingerprint density at radius 3 is 2.77 bits per heavy atom. The number of Topliss-reactive ketones (excluding diaryl/α,β-unsaturated/α-hetero) is 1. The topological polar surface area (TPSA) is 91.5 Å². The molecule has 7 nitrogen and oxygen atoms in total. The first-order chi connectivity index (χ1) is 15.0. The van der Waals surface area contributed by atoms with E-state index < -0.39 is 12.0 Å². The molecule has 0 radical (unpaired) electrons. The number of nitrogens with zero attached hydrogens (tertiary/aromatic N) is 1. The molecule has 3 heterocycles. The van der Waals surface area contributed by atoms with Crippen molar-refractivity contribution < 1.29 is 19.1 Å². The van der Waals surface area contributed by atoms with Crippen molar-refractivity contribution in [3.63, 3.8) is 0 Å². The largest absolute Gasteiger partial charge is 0.371 e. The molecule has 1 aromatic carbocycles. The van der Waals surface area contributed by atoms with Crippen molar-refractivity contribution in [2.75, 3.05) is 19.8 Å². The van der Waals surface area contributed by atoms with Crippen molar-refractivity contribution in [3.8, 4) is 0 Å². The number of nitrogens with one attached hydrogen (secondary N) is 2. The highest BCUT2D eigenvalue weighted by Crippen LogP contribution is 2.35. The molecule has 2 aliphatic heterocycles. The number of aromatic amines is 1. The predicted octanol–water partition coefficient (Wildman–Crippen LogP) is 2.60. The number of halogens is 1. The minimum atomic E-state index is -0.585. The van der Waals surface area contributed by atoms with Crippen LogP contribution < -0.4 is 5.32 Å². The lowest BCUT2D eigenvalue weighted by Gasteiger charge is -2.36. The highest BCUT2D eigenvalue weighted by atomic mass is 35.5. The molecule has 3 atom stereocenters. The van der Waals surface area contributed by atoms with Gasteiger partial charge in [-0.05, 0) is 31.0 Å². The van der Waals surface area contributed by atoms with Crippen molar-refractivity contribution in [2.45, 2.75) is 44.7 Å². The van der Waals surface area contributed by atoms with Gasteiger partial charge < -0.3 is 19.9 Å². The molecule has 1 saturated heterocycles. The Balaban J connectivity index is 1.33. The first kappa shape index (κ1) is 20.5. The van der Waals surface area contributed by atoms with E-state index in [4.69, 9.17) is 16.3 Å². The van der Waals surface area contributed by atoms with Crippen LogP contribution in [0, 0.1) is 11.8 Å². The van der Waals surface area contributed by atoms with E-state index in [1.165, 1.54) is 0 Å². The average Bonchev–Trinajstić information content (AvgIpc) is 3.35. The number of ether oxygens (including phenoxy) is 1. The quantitative estimate of drug-likeness (QED) is 0.762. The minimum Gasteiger partial charge on any atom is -0.371 e. The van der Waals surface area contributed by atoms with Crippen LogP contribution in [0.1, 0.15) is 36.9 Å². The van der Waals surface area contributed by atoms with Crippen LogP contribution in [0.2, 0.25) is 5.02 Å². The Morgan fingerprint density at radius 1 is 1.19 bits per heavy atom. The van der Waals surface area contributed by atoms with Crippen molar-refractivity contribution in [3.05, 3.63) is 34.5 Å². The molecular weight excluding hydrogens is 418 g/mol. The lowest BCUT2D eigenvalue weighted by Crippen LogP contribution is -2.49. The molecule has 1 aliphatic carbocycles. The van der Waals surface area contributed by atoms with Crippen molar-refractivity contribution >= 4 is 40.1 Å². The lowest BCUT2D eigenvalue weighted by atomic mass is 9.77. The number of hydrogen-bond acceptors (Lipinski definition) is 4. The number of H-pyrrole nitrogens is 1. The van der Waals surface area contributed by atoms with Gasteiger partial charge in [-0.15, -0.1) is 0 Å². The molecular formula is C23H26ClN3O4. The molecule has 2 amide bonds. The fourth-order valence-electron chi connectivity index (χ4n) is 5.22. The summed E-state index contributed by atoms with van der Waals surface area (Å²) in [7, 11) is 0. The van der Waals surface area contributed by atoms with Crippen LogP contribution in [-0.2, 0) is 32.1 Å². The number of carbonyl (C=O) groups is 3. The number of amides is 2. The van der Waals surface area contributed by atoms with Crippen LogP contribution in [0.3, 0.4) is 0 Å². The third-order valence-electron chi connectivity index (χ3n) is 6.90. The molecule has 3 aliphatic rings. The second-order valence-corrected chi connectivity index (χ2v) is 9.26. The van der Waals surface area contributed by atoms with Gasteiger partial charge in [0.2, 0.25) is 11.8 Å². The molecule has 1 aromatic heterocycles. The Labute approximate surface area is 185 Å². The number of benzene rings is 1. The van der Waals surface area contributed by atoms with Gasteiger partial charge in [-0.2, -0.15) is 0 Å². The van der Waals surface area contributed by atoms with Crippen LogP contribution in [-0.4, -0.2) is 53.3 Å². The molecule has 31 heavy (non-hydrogen) atoms. The second-order valence-electron chi connectivity index (χ2n) is 8.82. The summed E-state index contributed by atoms with van der Waals surface area (Å²) in [5.41, 5.74) is 3.30. The van der Waals surface area contributed by atoms with Gasteiger partial charge in [-0.3, -0.25) is 14.4 Å². The smallest absolute Gasteiger partial charge is 0.226 e. The van der Waals surface area contributed by atoms with Crippen LogP contribution >= 0.6 is 11.6 Å². The molecule has 164 valence electrons. The third kappa shape index (κ3) is 3.85. The van der Waals surface area contributed by atoms with Gasteiger partial charge in [0.05, 0.1) is 6.61 Å². The molecule has 0 bridgehead atoms. The molecule has 8 heteroatoms. The molecule has 0 spiro atoms. The summed E-state index contributed by atoms with van der Waals surface area (Å²) in [4.78, 5) is 43.7. The number of rotatable bonds is 3. The van der Waals surface area contributed by atoms with E-state index >= 15 is 0 Å². The van der Waals surface area contributed by atoms with E-state index in [-0.39, 0.29) is 36.7 Å². The van der Waals surface area contributed by atoms with E-state index in [1.54, 1.807) is 0 Å². The van der Waals surface area contributed by atoms with Gasteiger partial charge in [-0.25, -0.2) is 0 Å². The van der Waals surface area contributed by atoms with E-state index in [0.29, 0.717) is 31.0 Å². The first-order valence-corrected chi connectivity index (χ1v) is 11.4. The summed E-state index contributed by atoms with van der Waals surface area (Å²) >= 11 is 6.20. The van der Waals surface area contributed by atoms with E-state index in [0.717, 1.165) is 41.4 Å². The number of carbonyl (C=O) groups excluding carboxylic acids is 3. The van der Waals surface area contributed by atoms with Gasteiger partial charge in [0, 0.05) is 58.5 Å². The zero-order valence-corrected chi connectivity index (χ0v) is 18.0. The van der Waals surface area contributed by atoms with Gasteiger partial charge in [0.1, 0.15) is 12.6 Å². The van der Waals surface area contributed by atoms with Crippen molar-refractivity contribution in [2.24, 2.45) is 11.8 Å². The van der Waals surface area contributed by atoms with Crippen LogP contribution in [0.25, 0.3) is 10.9 Å². The molecule has 2 N–H and O–H groups in total. The Morgan fingerprint density at radius 2 is 2.00 bits per heavy atom. The minimum absolute atomic E-state index is 0.0378. The fraction of sp³-hybridized carbons (Fsp3) is 0.522. The zero-order valence-electron chi connectivity index (χ0n) is 17.3. The maximum atomic E-state index is 13.5. The van der Waals surface area contributed by atoms with Crippen molar-refractivity contribution in [1.29, 1.82) is 0 Å². The van der Waals surface area contributed by atoms with E-state index in [9.17, 15) is 14.4 Å². The molecule has 2 fully saturated rings. The average molecular weight is 444 g/mol. The highest BCUT2D eigenvalue weighted by Gasteiger charge is 2.40. The second kappa shape index (κ2) is 8.28. The third-order valence-corrected chi connectivity index (χ3v) is 7.14. The summed E-state index contributed by atoms with van der Waals surface area (Å²) in [6.45, 7) is 1.41. The number of aromatic nitrogens is 1. The molecule has 3 unspecified atom stereocenters. The molecule has 1 saturated carbocycles. The monoisotopic (exact) mass is 443 g/mol. The molecule has 5 rings (SSSR count). The van der Waals surface area contributed by atoms with E-state index in [1.807, 2.05) is 23.1 Å². The van der Waals surface area contributed by atoms with Gasteiger partial charge in [0.15, 0.2) is 5.78 Å².